The summed E-state index contributed by atoms with van der Waals surface area (Å²) in [6.45, 7) is 6.07. The molecule has 0 atom stereocenters. The van der Waals surface area contributed by atoms with Crippen LogP contribution in [0.4, 0.5) is 17.6 Å². The van der Waals surface area contributed by atoms with Crippen molar-refractivity contribution in [2.24, 2.45) is 0 Å². The van der Waals surface area contributed by atoms with Crippen LogP contribution >= 0.6 is 0 Å². The van der Waals surface area contributed by atoms with Crippen molar-refractivity contribution in [2.45, 2.75) is 32.7 Å². The Morgan fingerprint density at radius 3 is 2.75 bits per heavy atom. The van der Waals surface area contributed by atoms with Gasteiger partial charge in [0, 0.05) is 38.7 Å². The Kier molecular flexibility index (Phi) is 4.60. The van der Waals surface area contributed by atoms with Gasteiger partial charge in [0.25, 0.3) is 0 Å². The van der Waals surface area contributed by atoms with E-state index in [1.54, 1.807) is 6.92 Å². The summed E-state index contributed by atoms with van der Waals surface area (Å²) in [4.78, 5) is 21.7. The van der Waals surface area contributed by atoms with Crippen molar-refractivity contribution in [3.8, 4) is 0 Å². The zero-order valence-corrected chi connectivity index (χ0v) is 12.0. The number of nitrogens with two attached hydrogens (primary N) is 1. The molecule has 1 aromatic rings. The van der Waals surface area contributed by atoms with Gasteiger partial charge in [-0.15, -0.1) is 0 Å². The van der Waals surface area contributed by atoms with E-state index in [-0.39, 0.29) is 17.9 Å². The number of nitrogens with zero attached hydrogens (tertiary/aromatic N) is 3. The summed E-state index contributed by atoms with van der Waals surface area (Å²) >= 11 is 0. The third kappa shape index (κ3) is 3.72. The van der Waals surface area contributed by atoms with E-state index >= 15 is 0 Å². The molecule has 1 aliphatic heterocycles. The van der Waals surface area contributed by atoms with E-state index in [1.165, 1.54) is 0 Å². The van der Waals surface area contributed by atoms with Gasteiger partial charge in [-0.1, -0.05) is 0 Å². The molecule has 1 saturated heterocycles. The fourth-order valence-electron chi connectivity index (χ4n) is 2.43. The van der Waals surface area contributed by atoms with Gasteiger partial charge in [-0.2, -0.15) is 9.97 Å². The summed E-state index contributed by atoms with van der Waals surface area (Å²) in [7, 11) is 0. The number of nitrogens with one attached hydrogen (secondary N) is 2. The molecular weight excluding hydrogens is 256 g/mol. The largest absolute Gasteiger partial charge is 0.370 e. The highest BCUT2D eigenvalue weighted by molar-refractivity contribution is 5.73. The first-order valence-electron chi connectivity index (χ1n) is 6.99. The van der Waals surface area contributed by atoms with Crippen molar-refractivity contribution in [3.05, 3.63) is 6.07 Å². The number of amides is 1. The number of aromatic nitrogens is 2. The van der Waals surface area contributed by atoms with E-state index in [9.17, 15) is 4.79 Å². The lowest BCUT2D eigenvalue weighted by Gasteiger charge is -2.33. The number of nitrogen functional groups attached to an aromatic ring is 1. The monoisotopic (exact) mass is 278 g/mol. The lowest BCUT2D eigenvalue weighted by Crippen LogP contribution is -2.44. The van der Waals surface area contributed by atoms with Crippen LogP contribution in [0.1, 0.15) is 26.7 Å². The van der Waals surface area contributed by atoms with Gasteiger partial charge < -0.3 is 21.3 Å². The van der Waals surface area contributed by atoms with E-state index < -0.39 is 0 Å². The van der Waals surface area contributed by atoms with Gasteiger partial charge in [0.05, 0.1) is 0 Å². The lowest BCUT2D eigenvalue weighted by atomic mass is 10.1. The fourth-order valence-corrected chi connectivity index (χ4v) is 2.43. The minimum atomic E-state index is 0.0316. The Labute approximate surface area is 119 Å². The van der Waals surface area contributed by atoms with Gasteiger partial charge in [-0.05, 0) is 19.8 Å². The number of carbonyl (C=O) groups excluding carboxylic acids is 1. The molecule has 1 amide bonds. The van der Waals surface area contributed by atoms with E-state index in [1.807, 2.05) is 13.0 Å². The number of anilines is 3. The van der Waals surface area contributed by atoms with Gasteiger partial charge >= 0.3 is 0 Å². The Morgan fingerprint density at radius 1 is 1.45 bits per heavy atom. The summed E-state index contributed by atoms with van der Waals surface area (Å²) in [5.74, 6) is 1.90. The van der Waals surface area contributed by atoms with Crippen LogP contribution in [0, 0.1) is 0 Å². The maximum Gasteiger partial charge on any atom is 0.223 e. The topological polar surface area (TPSA) is 96.2 Å². The summed E-state index contributed by atoms with van der Waals surface area (Å²) in [5, 5.41) is 6.11. The molecule has 0 unspecified atom stereocenters. The van der Waals surface area contributed by atoms with Crippen molar-refractivity contribution in [1.29, 1.82) is 0 Å². The van der Waals surface area contributed by atoms with Crippen LogP contribution in [0.2, 0.25) is 0 Å². The average molecular weight is 278 g/mol. The molecule has 4 N–H and O–H groups in total. The van der Waals surface area contributed by atoms with E-state index in [4.69, 9.17) is 5.73 Å². The second-order valence-corrected chi connectivity index (χ2v) is 4.96. The first-order valence-corrected chi connectivity index (χ1v) is 6.99. The molecule has 1 aromatic heterocycles. The van der Waals surface area contributed by atoms with Crippen LogP contribution in [0.3, 0.4) is 0 Å². The molecule has 0 saturated carbocycles. The molecule has 20 heavy (non-hydrogen) atoms. The highest BCUT2D eigenvalue weighted by Gasteiger charge is 2.21. The maximum absolute atomic E-state index is 11.1. The quantitative estimate of drug-likeness (QED) is 0.746. The van der Waals surface area contributed by atoms with Gasteiger partial charge in [-0.25, -0.2) is 0 Å². The predicted molar refractivity (Wildman–Crippen MR) is 79.7 cm³/mol. The third-order valence-corrected chi connectivity index (χ3v) is 3.31. The third-order valence-electron chi connectivity index (χ3n) is 3.31. The highest BCUT2D eigenvalue weighted by Crippen LogP contribution is 2.21. The average Bonchev–Trinajstić information content (AvgIpc) is 2.38. The Morgan fingerprint density at radius 2 is 2.15 bits per heavy atom. The van der Waals surface area contributed by atoms with Crippen LogP contribution < -0.4 is 21.3 Å². The summed E-state index contributed by atoms with van der Waals surface area (Å²) < 4.78 is 0. The molecule has 1 fully saturated rings. The van der Waals surface area contributed by atoms with E-state index in [0.717, 1.165) is 44.1 Å². The molecular formula is C13H22N6O. The normalized spacial score (nSPS) is 16.0. The van der Waals surface area contributed by atoms with E-state index in [0.29, 0.717) is 0 Å². The molecule has 7 heteroatoms. The van der Waals surface area contributed by atoms with Crippen molar-refractivity contribution in [2.75, 3.05) is 35.6 Å². The van der Waals surface area contributed by atoms with Gasteiger partial charge in [0.1, 0.15) is 11.6 Å². The van der Waals surface area contributed by atoms with Gasteiger partial charge in [0.15, 0.2) is 0 Å². The van der Waals surface area contributed by atoms with Crippen molar-refractivity contribution >= 4 is 23.5 Å². The summed E-state index contributed by atoms with van der Waals surface area (Å²) in [6.07, 6.45) is 1.83. The number of rotatable bonds is 4. The van der Waals surface area contributed by atoms with Crippen LogP contribution in [0.25, 0.3) is 0 Å². The molecule has 110 valence electrons. The van der Waals surface area contributed by atoms with Gasteiger partial charge in [-0.3, -0.25) is 4.79 Å². The minimum Gasteiger partial charge on any atom is -0.370 e. The molecule has 7 nitrogen and oxygen atoms in total. The summed E-state index contributed by atoms with van der Waals surface area (Å²) in [6, 6.07) is 2.18. The van der Waals surface area contributed by atoms with Crippen molar-refractivity contribution in [3.63, 3.8) is 0 Å². The van der Waals surface area contributed by atoms with Gasteiger partial charge in [0.2, 0.25) is 11.9 Å². The van der Waals surface area contributed by atoms with Crippen LogP contribution in [0.5, 0.6) is 0 Å². The molecule has 0 bridgehead atoms. The minimum absolute atomic E-state index is 0.0316. The highest BCUT2D eigenvalue weighted by atomic mass is 16.1. The SMILES string of the molecule is CCNc1cc(N2CCC(NC(C)=O)CC2)nc(N)n1. The molecule has 0 aliphatic carbocycles. The molecule has 1 aliphatic rings. The Balaban J connectivity index is 2.01. The molecule has 0 radical (unpaired) electrons. The number of hydrogen-bond donors (Lipinski definition) is 3. The Hall–Kier alpha value is -2.05. The number of carbonyl (C=O) groups is 1. The Bertz CT molecular complexity index is 470. The second-order valence-electron chi connectivity index (χ2n) is 4.96. The lowest BCUT2D eigenvalue weighted by molar-refractivity contribution is -0.119. The number of hydrogen-bond acceptors (Lipinski definition) is 6. The van der Waals surface area contributed by atoms with Crippen LogP contribution in [0.15, 0.2) is 6.07 Å². The van der Waals surface area contributed by atoms with Crippen molar-refractivity contribution in [1.82, 2.24) is 15.3 Å². The standard InChI is InChI=1S/C13H22N6O/c1-3-15-11-8-12(18-13(14)17-11)19-6-4-10(5-7-19)16-9(2)20/h8,10H,3-7H2,1-2H3,(H,16,20)(H3,14,15,17,18). The first-order chi connectivity index (χ1) is 9.58. The zero-order valence-electron chi connectivity index (χ0n) is 12.0. The summed E-state index contributed by atoms with van der Waals surface area (Å²) in [5.41, 5.74) is 5.74. The predicted octanol–water partition coefficient (Wildman–Crippen LogP) is 0.595. The molecule has 0 aromatic carbocycles. The van der Waals surface area contributed by atoms with E-state index in [2.05, 4.69) is 25.5 Å². The van der Waals surface area contributed by atoms with Crippen LogP contribution in [-0.4, -0.2) is 41.6 Å². The van der Waals surface area contributed by atoms with Crippen molar-refractivity contribution < 1.29 is 4.79 Å². The number of piperidine rings is 1. The molecule has 2 rings (SSSR count). The maximum atomic E-state index is 11.1. The van der Waals surface area contributed by atoms with Crippen LogP contribution in [-0.2, 0) is 4.79 Å². The second kappa shape index (κ2) is 6.40. The fraction of sp³-hybridized carbons (Fsp3) is 0.615. The first kappa shape index (κ1) is 14.4. The smallest absolute Gasteiger partial charge is 0.223 e. The zero-order chi connectivity index (χ0) is 14.5. The molecule has 2 heterocycles. The molecule has 0 spiro atoms.